The highest BCUT2D eigenvalue weighted by atomic mass is 16.5. The molecule has 3 heterocycles. The average molecular weight is 371 g/mol. The van der Waals surface area contributed by atoms with E-state index in [1.54, 1.807) is 19.5 Å². The van der Waals surface area contributed by atoms with Gasteiger partial charge in [-0.15, -0.1) is 0 Å². The summed E-state index contributed by atoms with van der Waals surface area (Å²) in [6.07, 6.45) is 10.5. The number of nitrogens with zero attached hydrogens (tertiary/aromatic N) is 3. The number of hydrogen-bond acceptors (Lipinski definition) is 4. The van der Waals surface area contributed by atoms with E-state index in [-0.39, 0.29) is 18.0 Å². The van der Waals surface area contributed by atoms with Gasteiger partial charge in [0.1, 0.15) is 0 Å². The van der Waals surface area contributed by atoms with Crippen molar-refractivity contribution in [2.75, 3.05) is 20.2 Å². The first-order chi connectivity index (χ1) is 13.2. The highest BCUT2D eigenvalue weighted by Gasteiger charge is 2.51. The van der Waals surface area contributed by atoms with Crippen LogP contribution in [-0.2, 0) is 14.3 Å². The second-order valence-electron chi connectivity index (χ2n) is 8.09. The Morgan fingerprint density at radius 1 is 1.15 bits per heavy atom. The Hall–Kier alpha value is -1.95. The van der Waals surface area contributed by atoms with Gasteiger partial charge in [-0.2, -0.15) is 0 Å². The number of carbonyl (C=O) groups excluding carboxylic acids is 2. The van der Waals surface area contributed by atoms with Gasteiger partial charge in [0.25, 0.3) is 5.91 Å². The van der Waals surface area contributed by atoms with Crippen LogP contribution in [0.25, 0.3) is 0 Å². The van der Waals surface area contributed by atoms with Crippen molar-refractivity contribution >= 4 is 11.8 Å². The number of carbonyl (C=O) groups is 2. The van der Waals surface area contributed by atoms with Crippen molar-refractivity contribution in [1.29, 1.82) is 0 Å². The minimum absolute atomic E-state index is 0.0451. The highest BCUT2D eigenvalue weighted by molar-refractivity contribution is 5.89. The van der Waals surface area contributed by atoms with Crippen LogP contribution < -0.4 is 0 Å². The molecule has 1 aromatic heterocycles. The number of amides is 2. The molecule has 2 saturated heterocycles. The van der Waals surface area contributed by atoms with E-state index in [2.05, 4.69) is 4.98 Å². The maximum Gasteiger partial charge on any atom is 0.255 e. The smallest absolute Gasteiger partial charge is 0.255 e. The van der Waals surface area contributed by atoms with E-state index in [4.69, 9.17) is 4.74 Å². The summed E-state index contributed by atoms with van der Waals surface area (Å²) < 4.78 is 5.44. The van der Waals surface area contributed by atoms with Crippen LogP contribution in [0.1, 0.15) is 56.6 Å². The molecular weight excluding hydrogens is 342 g/mol. The number of piperidine rings is 1. The topological polar surface area (TPSA) is 62.7 Å². The third-order valence-electron chi connectivity index (χ3n) is 6.53. The van der Waals surface area contributed by atoms with Crippen molar-refractivity contribution < 1.29 is 14.3 Å². The molecule has 27 heavy (non-hydrogen) atoms. The summed E-state index contributed by atoms with van der Waals surface area (Å²) in [5.41, 5.74) is 1.07. The molecule has 0 bridgehead atoms. The molecule has 6 heteroatoms. The van der Waals surface area contributed by atoms with Crippen molar-refractivity contribution in [3.8, 4) is 0 Å². The molecule has 2 atom stereocenters. The standard InChI is InChI=1S/C21H29N3O3/c1-27-20-19(16-6-10-22-11-7-16)24(21(20)26)17-8-12-23(13-9-17)18(25)14-15-4-2-3-5-15/h6-7,10-11,15,17,19-20H,2-5,8-9,12-14H2,1H3/t19-,20+/m0/s1. The van der Waals surface area contributed by atoms with Gasteiger partial charge in [0.2, 0.25) is 5.91 Å². The van der Waals surface area contributed by atoms with Gasteiger partial charge >= 0.3 is 0 Å². The van der Waals surface area contributed by atoms with E-state index >= 15 is 0 Å². The fourth-order valence-corrected chi connectivity index (χ4v) is 5.00. The van der Waals surface area contributed by atoms with Gasteiger partial charge in [-0.25, -0.2) is 0 Å². The zero-order chi connectivity index (χ0) is 18.8. The lowest BCUT2D eigenvalue weighted by molar-refractivity contribution is -0.178. The summed E-state index contributed by atoms with van der Waals surface area (Å²) >= 11 is 0. The molecule has 0 spiro atoms. The fraction of sp³-hybridized carbons (Fsp3) is 0.667. The van der Waals surface area contributed by atoms with E-state index in [0.29, 0.717) is 18.2 Å². The van der Waals surface area contributed by atoms with E-state index < -0.39 is 6.10 Å². The summed E-state index contributed by atoms with van der Waals surface area (Å²) in [5.74, 6) is 0.955. The van der Waals surface area contributed by atoms with E-state index in [9.17, 15) is 9.59 Å². The summed E-state index contributed by atoms with van der Waals surface area (Å²) in [6, 6.07) is 4.04. The van der Waals surface area contributed by atoms with Crippen LogP contribution in [0.15, 0.2) is 24.5 Å². The molecule has 2 aliphatic heterocycles. The number of likely N-dealkylation sites (tertiary alicyclic amines) is 2. The van der Waals surface area contributed by atoms with Gasteiger partial charge in [-0.3, -0.25) is 14.6 Å². The molecule has 0 N–H and O–H groups in total. The lowest BCUT2D eigenvalue weighted by atomic mass is 9.86. The highest BCUT2D eigenvalue weighted by Crippen LogP contribution is 2.40. The van der Waals surface area contributed by atoms with Gasteiger partial charge in [-0.1, -0.05) is 12.8 Å². The third-order valence-corrected chi connectivity index (χ3v) is 6.53. The van der Waals surface area contributed by atoms with Crippen molar-refractivity contribution in [3.63, 3.8) is 0 Å². The van der Waals surface area contributed by atoms with Crippen LogP contribution >= 0.6 is 0 Å². The molecule has 1 saturated carbocycles. The Morgan fingerprint density at radius 2 is 1.81 bits per heavy atom. The summed E-state index contributed by atoms with van der Waals surface area (Å²) in [7, 11) is 1.60. The van der Waals surface area contributed by atoms with Gasteiger partial charge in [0.15, 0.2) is 6.10 Å². The van der Waals surface area contributed by atoms with E-state index in [1.807, 2.05) is 21.9 Å². The van der Waals surface area contributed by atoms with Gasteiger partial charge in [0.05, 0.1) is 6.04 Å². The SMILES string of the molecule is CO[C@H]1C(=O)N(C2CCN(C(=O)CC3CCCC3)CC2)[C@H]1c1ccncc1. The first-order valence-electron chi connectivity index (χ1n) is 10.2. The Kier molecular flexibility index (Phi) is 5.43. The van der Waals surface area contributed by atoms with Crippen molar-refractivity contribution in [1.82, 2.24) is 14.8 Å². The lowest BCUT2D eigenvalue weighted by Crippen LogP contribution is -2.64. The van der Waals surface area contributed by atoms with Crippen LogP contribution in [0.2, 0.25) is 0 Å². The molecule has 0 radical (unpaired) electrons. The number of rotatable bonds is 5. The average Bonchev–Trinajstić information content (AvgIpc) is 3.20. The fourth-order valence-electron chi connectivity index (χ4n) is 5.00. The first-order valence-corrected chi connectivity index (χ1v) is 10.2. The number of ether oxygens (including phenoxy) is 1. The summed E-state index contributed by atoms with van der Waals surface area (Å²) in [4.78, 5) is 33.3. The van der Waals surface area contributed by atoms with E-state index in [0.717, 1.165) is 31.5 Å². The van der Waals surface area contributed by atoms with Crippen LogP contribution in [-0.4, -0.2) is 58.9 Å². The molecule has 0 unspecified atom stereocenters. The van der Waals surface area contributed by atoms with Crippen LogP contribution in [0.4, 0.5) is 0 Å². The lowest BCUT2D eigenvalue weighted by Gasteiger charge is -2.52. The molecule has 2 amide bonds. The molecule has 6 nitrogen and oxygen atoms in total. The van der Waals surface area contributed by atoms with Crippen molar-refractivity contribution in [2.45, 2.75) is 63.1 Å². The first kappa shape index (κ1) is 18.4. The second kappa shape index (κ2) is 7.97. The number of hydrogen-bond donors (Lipinski definition) is 0. The Balaban J connectivity index is 1.36. The molecule has 3 aliphatic rings. The maximum absolute atomic E-state index is 12.6. The van der Waals surface area contributed by atoms with Gasteiger partial charge < -0.3 is 14.5 Å². The maximum atomic E-state index is 12.6. The molecular formula is C21H29N3O3. The second-order valence-corrected chi connectivity index (χ2v) is 8.09. The number of methoxy groups -OCH3 is 1. The Morgan fingerprint density at radius 3 is 2.44 bits per heavy atom. The van der Waals surface area contributed by atoms with Crippen LogP contribution in [0, 0.1) is 5.92 Å². The summed E-state index contributed by atoms with van der Waals surface area (Å²) in [6.45, 7) is 1.50. The quantitative estimate of drug-likeness (QED) is 0.746. The molecule has 4 rings (SSSR count). The largest absolute Gasteiger partial charge is 0.369 e. The molecule has 0 aromatic carbocycles. The molecule has 1 aromatic rings. The minimum atomic E-state index is -0.408. The molecule has 3 fully saturated rings. The third kappa shape index (κ3) is 3.59. The molecule has 1 aliphatic carbocycles. The number of β-lactam (4-membered cyclic amide) rings is 1. The van der Waals surface area contributed by atoms with Crippen molar-refractivity contribution in [2.24, 2.45) is 5.92 Å². The van der Waals surface area contributed by atoms with Gasteiger partial charge in [-0.05, 0) is 49.3 Å². The summed E-state index contributed by atoms with van der Waals surface area (Å²) in [5, 5.41) is 0. The predicted molar refractivity (Wildman–Crippen MR) is 101 cm³/mol. The predicted octanol–water partition coefficient (Wildman–Crippen LogP) is 2.55. The molecule has 146 valence electrons. The zero-order valence-electron chi connectivity index (χ0n) is 16.0. The van der Waals surface area contributed by atoms with Gasteiger partial charge in [0, 0.05) is 45.1 Å². The monoisotopic (exact) mass is 371 g/mol. The zero-order valence-corrected chi connectivity index (χ0v) is 16.0. The Labute approximate surface area is 160 Å². The van der Waals surface area contributed by atoms with Crippen LogP contribution in [0.5, 0.6) is 0 Å². The number of aromatic nitrogens is 1. The number of pyridine rings is 1. The van der Waals surface area contributed by atoms with E-state index in [1.165, 1.54) is 25.7 Å². The van der Waals surface area contributed by atoms with Crippen molar-refractivity contribution in [3.05, 3.63) is 30.1 Å². The Bertz CT molecular complexity index is 667. The normalized spacial score (nSPS) is 27.1. The van der Waals surface area contributed by atoms with Crippen LogP contribution in [0.3, 0.4) is 0 Å². The minimum Gasteiger partial charge on any atom is -0.369 e.